The van der Waals surface area contributed by atoms with E-state index in [-0.39, 0.29) is 91.4 Å². The fraction of sp³-hybridized carbons (Fsp3) is 0.885. The lowest BCUT2D eigenvalue weighted by molar-refractivity contribution is -0.175. The molecule has 0 fully saturated rings. The molecule has 0 unspecified atom stereocenters. The molecular formula is C52H94O13. The van der Waals surface area contributed by atoms with Crippen LogP contribution in [0.2, 0.25) is 0 Å². The predicted octanol–water partition coefficient (Wildman–Crippen LogP) is 11.2. The molecule has 0 aromatic rings. The molecule has 13 heteroatoms. The quantitative estimate of drug-likeness (QED) is 0.0421. The topological polar surface area (TPSA) is 167 Å². The second kappa shape index (κ2) is 35.9. The normalized spacial score (nSPS) is 12.1. The molecule has 0 spiro atoms. The van der Waals surface area contributed by atoms with E-state index in [9.17, 15) is 28.8 Å². The van der Waals surface area contributed by atoms with Gasteiger partial charge in [-0.1, -0.05) is 122 Å². The molecule has 0 saturated carbocycles. The maximum absolute atomic E-state index is 13.2. The van der Waals surface area contributed by atoms with E-state index in [2.05, 4.69) is 83.1 Å². The fourth-order valence-electron chi connectivity index (χ4n) is 6.75. The van der Waals surface area contributed by atoms with Crippen molar-refractivity contribution in [2.24, 2.45) is 46.3 Å². The first-order chi connectivity index (χ1) is 30.6. The lowest BCUT2D eigenvalue weighted by Crippen LogP contribution is -2.47. The van der Waals surface area contributed by atoms with Crippen molar-refractivity contribution in [1.82, 2.24) is 0 Å². The van der Waals surface area contributed by atoms with Gasteiger partial charge in [0.15, 0.2) is 0 Å². The molecular weight excluding hydrogens is 833 g/mol. The molecule has 0 aliphatic carbocycles. The van der Waals surface area contributed by atoms with Crippen molar-refractivity contribution in [3.05, 3.63) is 0 Å². The molecule has 0 saturated heterocycles. The van der Waals surface area contributed by atoms with Crippen LogP contribution in [0, 0.1) is 46.3 Å². The standard InChI is InChI=1S/C52H94O13/c1-39(2)19-13-25-45(53)60-33-51(34-61-46(54)26-14-20-40(3)4,35-62-47(55)27-15-21-41(5)6)31-59-32-52(36-63-48(56)28-16-22-42(7)8,37-64-49(57)29-17-23-43(9)10)38-65-50(58)30-18-24-44(11)12/h39-44H,13-38H2,1-12H3. The number of hydrogen-bond donors (Lipinski definition) is 0. The van der Waals surface area contributed by atoms with Crippen LogP contribution in [0.1, 0.15) is 199 Å². The Morgan fingerprint density at radius 1 is 0.277 bits per heavy atom. The van der Waals surface area contributed by atoms with E-state index in [0.717, 1.165) is 38.5 Å². The third-order valence-electron chi connectivity index (χ3n) is 11.0. The van der Waals surface area contributed by atoms with Gasteiger partial charge in [-0.15, -0.1) is 0 Å². The van der Waals surface area contributed by atoms with Crippen molar-refractivity contribution in [2.75, 3.05) is 52.9 Å². The van der Waals surface area contributed by atoms with Crippen LogP contribution >= 0.6 is 0 Å². The van der Waals surface area contributed by atoms with E-state index >= 15 is 0 Å². The Morgan fingerprint density at radius 3 is 0.569 bits per heavy atom. The Bertz CT molecular complexity index is 1070. The van der Waals surface area contributed by atoms with Gasteiger partial charge >= 0.3 is 35.8 Å². The number of carbonyl (C=O) groups is 6. The SMILES string of the molecule is CC(C)CCCC(=O)OCC(COCC(COC(=O)CCCC(C)C)(COC(=O)CCCC(C)C)COC(=O)CCCC(C)C)(COC(=O)CCCC(C)C)COC(=O)CCCC(C)C. The Morgan fingerprint density at radius 2 is 0.431 bits per heavy atom. The van der Waals surface area contributed by atoms with Gasteiger partial charge in [0.25, 0.3) is 0 Å². The smallest absolute Gasteiger partial charge is 0.305 e. The fourth-order valence-corrected chi connectivity index (χ4v) is 6.75. The Labute approximate surface area is 394 Å². The summed E-state index contributed by atoms with van der Waals surface area (Å²) in [5.41, 5.74) is -2.70. The number of hydrogen-bond acceptors (Lipinski definition) is 13. The van der Waals surface area contributed by atoms with Crippen LogP contribution in [0.4, 0.5) is 0 Å². The van der Waals surface area contributed by atoms with Gasteiger partial charge in [-0.3, -0.25) is 28.8 Å². The summed E-state index contributed by atoms with van der Waals surface area (Å²) in [4.78, 5) is 78.9. The van der Waals surface area contributed by atoms with Crippen molar-refractivity contribution < 1.29 is 61.9 Å². The summed E-state index contributed by atoms with van der Waals surface area (Å²) >= 11 is 0. The minimum absolute atomic E-state index is 0.176. The molecule has 0 bridgehead atoms. The van der Waals surface area contributed by atoms with Crippen molar-refractivity contribution in [3.8, 4) is 0 Å². The van der Waals surface area contributed by atoms with Gasteiger partial charge < -0.3 is 33.2 Å². The Hall–Kier alpha value is -3.22. The molecule has 0 atom stereocenters. The van der Waals surface area contributed by atoms with Crippen LogP contribution in [0.5, 0.6) is 0 Å². The predicted molar refractivity (Wildman–Crippen MR) is 254 cm³/mol. The maximum Gasteiger partial charge on any atom is 0.305 e. The Balaban J connectivity index is 6.97. The van der Waals surface area contributed by atoms with Crippen molar-refractivity contribution >= 4 is 35.8 Å². The number of carbonyl (C=O) groups excluding carboxylic acids is 6. The highest BCUT2D eigenvalue weighted by Crippen LogP contribution is 2.28. The molecule has 0 radical (unpaired) electrons. The summed E-state index contributed by atoms with van der Waals surface area (Å²) in [5, 5.41) is 0. The molecule has 0 amide bonds. The first-order valence-electron chi connectivity index (χ1n) is 25.1. The zero-order chi connectivity index (χ0) is 49.3. The lowest BCUT2D eigenvalue weighted by Gasteiger charge is -2.35. The second-order valence-electron chi connectivity index (χ2n) is 21.2. The Kier molecular flexibility index (Phi) is 34.1. The third kappa shape index (κ3) is 35.6. The van der Waals surface area contributed by atoms with Gasteiger partial charge in [0, 0.05) is 38.5 Å². The largest absolute Gasteiger partial charge is 0.465 e. The first-order valence-corrected chi connectivity index (χ1v) is 25.1. The molecule has 0 aromatic heterocycles. The average Bonchev–Trinajstić information content (AvgIpc) is 3.20. The van der Waals surface area contributed by atoms with E-state index in [1.807, 2.05) is 0 Å². The summed E-state index contributed by atoms with van der Waals surface area (Å²) in [6.45, 7) is 22.7. The second-order valence-corrected chi connectivity index (χ2v) is 21.2. The summed E-state index contributed by atoms with van der Waals surface area (Å²) in [6.07, 6.45) is 9.81. The highest BCUT2D eigenvalue weighted by Gasteiger charge is 2.41. The highest BCUT2D eigenvalue weighted by molar-refractivity contribution is 5.71. The van der Waals surface area contributed by atoms with E-state index in [1.54, 1.807) is 0 Å². The van der Waals surface area contributed by atoms with Gasteiger partial charge in [-0.25, -0.2) is 0 Å². The van der Waals surface area contributed by atoms with Crippen molar-refractivity contribution in [2.45, 2.75) is 199 Å². The van der Waals surface area contributed by atoms with Crippen LogP contribution in [0.15, 0.2) is 0 Å². The molecule has 0 N–H and O–H groups in total. The third-order valence-corrected chi connectivity index (χ3v) is 11.0. The summed E-state index contributed by atoms with van der Waals surface area (Å²) in [5.74, 6) is -0.290. The van der Waals surface area contributed by atoms with Crippen molar-refractivity contribution in [3.63, 3.8) is 0 Å². The van der Waals surface area contributed by atoms with Crippen LogP contribution in [-0.2, 0) is 61.9 Å². The van der Waals surface area contributed by atoms with Gasteiger partial charge in [0.2, 0.25) is 0 Å². The minimum Gasteiger partial charge on any atom is -0.465 e. The summed E-state index contributed by atoms with van der Waals surface area (Å²) < 4.78 is 41.6. The molecule has 13 nitrogen and oxygen atoms in total. The van der Waals surface area contributed by atoms with Crippen LogP contribution < -0.4 is 0 Å². The van der Waals surface area contributed by atoms with Crippen LogP contribution in [0.3, 0.4) is 0 Å². The van der Waals surface area contributed by atoms with E-state index in [0.29, 0.717) is 74.0 Å². The maximum atomic E-state index is 13.2. The summed E-state index contributed by atoms with van der Waals surface area (Å²) in [6, 6.07) is 0. The van der Waals surface area contributed by atoms with Gasteiger partial charge in [-0.2, -0.15) is 0 Å². The van der Waals surface area contributed by atoms with E-state index in [1.165, 1.54) is 0 Å². The summed E-state index contributed by atoms with van der Waals surface area (Å²) in [7, 11) is 0. The van der Waals surface area contributed by atoms with Gasteiger partial charge in [0.1, 0.15) is 39.6 Å². The molecule has 0 aromatic carbocycles. The highest BCUT2D eigenvalue weighted by atomic mass is 16.6. The van der Waals surface area contributed by atoms with Gasteiger partial charge in [0.05, 0.1) is 24.0 Å². The molecule has 65 heavy (non-hydrogen) atoms. The van der Waals surface area contributed by atoms with Crippen molar-refractivity contribution in [1.29, 1.82) is 0 Å². The number of rotatable bonds is 40. The number of ether oxygens (including phenoxy) is 7. The zero-order valence-corrected chi connectivity index (χ0v) is 43.2. The monoisotopic (exact) mass is 927 g/mol. The van der Waals surface area contributed by atoms with E-state index in [4.69, 9.17) is 33.2 Å². The molecule has 0 aliphatic rings. The first kappa shape index (κ1) is 61.8. The molecule has 380 valence electrons. The minimum atomic E-state index is -1.35. The molecule has 0 aliphatic heterocycles. The molecule has 0 heterocycles. The van der Waals surface area contributed by atoms with E-state index < -0.39 is 46.6 Å². The van der Waals surface area contributed by atoms with Gasteiger partial charge in [-0.05, 0) is 74.0 Å². The molecule has 0 rings (SSSR count). The number of esters is 6. The zero-order valence-electron chi connectivity index (χ0n) is 43.2. The van der Waals surface area contributed by atoms with Crippen LogP contribution in [-0.4, -0.2) is 88.7 Å². The lowest BCUT2D eigenvalue weighted by atomic mass is 9.90. The average molecular weight is 927 g/mol. The van der Waals surface area contributed by atoms with Crippen LogP contribution in [0.25, 0.3) is 0 Å².